The molecule has 0 spiro atoms. The number of aliphatic hydroxyl groups is 1. The number of aryl methyl sites for hydroxylation is 1. The van der Waals surface area contributed by atoms with Gasteiger partial charge in [-0.2, -0.15) is 0 Å². The summed E-state index contributed by atoms with van der Waals surface area (Å²) in [7, 11) is 0. The minimum Gasteiger partial charge on any atom is -0.494 e. The first-order chi connectivity index (χ1) is 12.7. The number of hydrogen-bond donors (Lipinski definition) is 2. The van der Waals surface area contributed by atoms with Crippen LogP contribution in [0.1, 0.15) is 37.3 Å². The maximum Gasteiger partial charge on any atom is 0.220 e. The zero-order valence-corrected chi connectivity index (χ0v) is 15.5. The van der Waals surface area contributed by atoms with E-state index in [1.807, 2.05) is 54.6 Å². The third-order valence-electron chi connectivity index (χ3n) is 4.24. The maximum atomic E-state index is 12.1. The first kappa shape index (κ1) is 20.0. The molecule has 140 valence electrons. The molecule has 0 aliphatic rings. The lowest BCUT2D eigenvalue weighted by Gasteiger charge is -2.17. The van der Waals surface area contributed by atoms with Crippen molar-refractivity contribution in [3.8, 4) is 5.75 Å². The molecule has 2 aromatic rings. The summed E-state index contributed by atoms with van der Waals surface area (Å²) in [6, 6.07) is 17.5. The Kier molecular flexibility index (Phi) is 8.70. The average Bonchev–Trinajstić information content (AvgIpc) is 2.68. The van der Waals surface area contributed by atoms with Gasteiger partial charge in [-0.25, -0.2) is 0 Å². The van der Waals surface area contributed by atoms with Crippen LogP contribution in [0, 0.1) is 0 Å². The molecular weight excluding hydrogens is 326 g/mol. The predicted octanol–water partition coefficient (Wildman–Crippen LogP) is 3.52. The fourth-order valence-electron chi connectivity index (χ4n) is 2.70. The molecule has 4 nitrogen and oxygen atoms in total. The monoisotopic (exact) mass is 355 g/mol. The second-order valence-electron chi connectivity index (χ2n) is 6.48. The highest BCUT2D eigenvalue weighted by atomic mass is 16.5. The van der Waals surface area contributed by atoms with Crippen LogP contribution in [0.5, 0.6) is 5.75 Å². The molecule has 0 saturated carbocycles. The van der Waals surface area contributed by atoms with E-state index in [1.165, 1.54) is 0 Å². The van der Waals surface area contributed by atoms with Gasteiger partial charge >= 0.3 is 0 Å². The Labute approximate surface area is 156 Å². The number of aliphatic hydroxyl groups excluding tert-OH is 1. The van der Waals surface area contributed by atoms with E-state index < -0.39 is 0 Å². The van der Waals surface area contributed by atoms with Crippen LogP contribution in [0.4, 0.5) is 0 Å². The van der Waals surface area contributed by atoms with Gasteiger partial charge in [0, 0.05) is 6.42 Å². The summed E-state index contributed by atoms with van der Waals surface area (Å²) < 4.78 is 5.65. The smallest absolute Gasteiger partial charge is 0.220 e. The molecule has 0 fully saturated rings. The van der Waals surface area contributed by atoms with Crippen molar-refractivity contribution < 1.29 is 14.6 Å². The number of amides is 1. The van der Waals surface area contributed by atoms with Gasteiger partial charge in [-0.3, -0.25) is 4.79 Å². The van der Waals surface area contributed by atoms with Crippen LogP contribution in [0.3, 0.4) is 0 Å². The van der Waals surface area contributed by atoms with E-state index in [0.717, 1.165) is 36.3 Å². The van der Waals surface area contributed by atoms with Gasteiger partial charge in [0.2, 0.25) is 5.91 Å². The number of unbranched alkanes of at least 4 members (excludes halogenated alkanes) is 1. The quantitative estimate of drug-likeness (QED) is 0.606. The standard InChI is InChI=1S/C22H29NO3/c1-2-3-15-26-21-12-9-19(10-13-21)16-20(17-24)23-22(25)14-11-18-7-5-4-6-8-18/h4-10,12-13,20,24H,2-3,11,14-17H2,1H3,(H,23,25)/t20-/m0/s1. The highest BCUT2D eigenvalue weighted by Crippen LogP contribution is 2.14. The number of carbonyl (C=O) groups is 1. The lowest BCUT2D eigenvalue weighted by molar-refractivity contribution is -0.122. The van der Waals surface area contributed by atoms with E-state index in [0.29, 0.717) is 19.3 Å². The third-order valence-corrected chi connectivity index (χ3v) is 4.24. The van der Waals surface area contributed by atoms with Crippen molar-refractivity contribution in [3.63, 3.8) is 0 Å². The average molecular weight is 355 g/mol. The van der Waals surface area contributed by atoms with Crippen molar-refractivity contribution in [2.24, 2.45) is 0 Å². The highest BCUT2D eigenvalue weighted by Gasteiger charge is 2.12. The molecule has 26 heavy (non-hydrogen) atoms. The van der Waals surface area contributed by atoms with Crippen molar-refractivity contribution in [3.05, 3.63) is 65.7 Å². The van der Waals surface area contributed by atoms with E-state index in [-0.39, 0.29) is 18.6 Å². The molecule has 2 aromatic carbocycles. The predicted molar refractivity (Wildman–Crippen MR) is 104 cm³/mol. The highest BCUT2D eigenvalue weighted by molar-refractivity contribution is 5.76. The lowest BCUT2D eigenvalue weighted by atomic mass is 10.1. The molecule has 0 unspecified atom stereocenters. The first-order valence-electron chi connectivity index (χ1n) is 9.37. The second kappa shape index (κ2) is 11.3. The van der Waals surface area contributed by atoms with Crippen molar-refractivity contribution in [2.75, 3.05) is 13.2 Å². The van der Waals surface area contributed by atoms with Gasteiger partial charge in [0.1, 0.15) is 5.75 Å². The summed E-state index contributed by atoms with van der Waals surface area (Å²) >= 11 is 0. The van der Waals surface area contributed by atoms with E-state index in [4.69, 9.17) is 4.74 Å². The van der Waals surface area contributed by atoms with E-state index in [2.05, 4.69) is 12.2 Å². The van der Waals surface area contributed by atoms with Crippen molar-refractivity contribution in [2.45, 2.75) is 45.1 Å². The molecule has 2 rings (SSSR count). The van der Waals surface area contributed by atoms with Crippen LogP contribution in [0.15, 0.2) is 54.6 Å². The minimum atomic E-state index is -0.273. The van der Waals surface area contributed by atoms with E-state index >= 15 is 0 Å². The van der Waals surface area contributed by atoms with Crippen molar-refractivity contribution in [1.29, 1.82) is 0 Å². The summed E-state index contributed by atoms with van der Waals surface area (Å²) in [5, 5.41) is 12.5. The molecular formula is C22H29NO3. The Balaban J connectivity index is 1.78. The number of benzene rings is 2. The molecule has 0 radical (unpaired) electrons. The minimum absolute atomic E-state index is 0.0348. The number of rotatable bonds is 11. The molecule has 4 heteroatoms. The molecule has 0 aliphatic heterocycles. The molecule has 0 aromatic heterocycles. The first-order valence-corrected chi connectivity index (χ1v) is 9.37. The van der Waals surface area contributed by atoms with Gasteiger partial charge < -0.3 is 15.2 Å². The topological polar surface area (TPSA) is 58.6 Å². The Morgan fingerprint density at radius 2 is 1.81 bits per heavy atom. The van der Waals surface area contributed by atoms with Crippen LogP contribution in [-0.4, -0.2) is 30.3 Å². The Hall–Kier alpha value is -2.33. The van der Waals surface area contributed by atoms with Gasteiger partial charge in [0.05, 0.1) is 19.3 Å². The SMILES string of the molecule is CCCCOc1ccc(C[C@@H](CO)NC(=O)CCc2ccccc2)cc1. The number of carbonyl (C=O) groups excluding carboxylic acids is 1. The van der Waals surface area contributed by atoms with E-state index in [1.54, 1.807) is 0 Å². The zero-order chi connectivity index (χ0) is 18.6. The fourth-order valence-corrected chi connectivity index (χ4v) is 2.70. The Morgan fingerprint density at radius 3 is 2.46 bits per heavy atom. The summed E-state index contributed by atoms with van der Waals surface area (Å²) in [4.78, 5) is 12.1. The molecule has 0 bridgehead atoms. The van der Waals surface area contributed by atoms with Gasteiger partial charge in [-0.15, -0.1) is 0 Å². The van der Waals surface area contributed by atoms with Gasteiger partial charge in [-0.05, 0) is 42.5 Å². The molecule has 0 saturated heterocycles. The third kappa shape index (κ3) is 7.28. The fraction of sp³-hybridized carbons (Fsp3) is 0.409. The summed E-state index contributed by atoms with van der Waals surface area (Å²) in [6.07, 6.45) is 3.88. The molecule has 1 amide bonds. The van der Waals surface area contributed by atoms with Crippen LogP contribution >= 0.6 is 0 Å². The molecule has 1 atom stereocenters. The maximum absolute atomic E-state index is 12.1. The van der Waals surface area contributed by atoms with Crippen LogP contribution < -0.4 is 10.1 Å². The lowest BCUT2D eigenvalue weighted by Crippen LogP contribution is -2.39. The molecule has 0 heterocycles. The Bertz CT molecular complexity index is 640. The van der Waals surface area contributed by atoms with Gasteiger partial charge in [0.25, 0.3) is 0 Å². The van der Waals surface area contributed by atoms with Gasteiger partial charge in [-0.1, -0.05) is 55.8 Å². The van der Waals surface area contributed by atoms with E-state index in [9.17, 15) is 9.90 Å². The van der Waals surface area contributed by atoms with Crippen molar-refractivity contribution in [1.82, 2.24) is 5.32 Å². The number of ether oxygens (including phenoxy) is 1. The largest absolute Gasteiger partial charge is 0.494 e. The van der Waals surface area contributed by atoms with Crippen LogP contribution in [-0.2, 0) is 17.6 Å². The molecule has 0 aliphatic carbocycles. The second-order valence-corrected chi connectivity index (χ2v) is 6.48. The Morgan fingerprint density at radius 1 is 1.08 bits per heavy atom. The van der Waals surface area contributed by atoms with Gasteiger partial charge in [0.15, 0.2) is 0 Å². The van der Waals surface area contributed by atoms with Crippen LogP contribution in [0.2, 0.25) is 0 Å². The van der Waals surface area contributed by atoms with Crippen LogP contribution in [0.25, 0.3) is 0 Å². The zero-order valence-electron chi connectivity index (χ0n) is 15.5. The summed E-state index contributed by atoms with van der Waals surface area (Å²) in [6.45, 7) is 2.79. The molecule has 2 N–H and O–H groups in total. The van der Waals surface area contributed by atoms with Crippen molar-refractivity contribution >= 4 is 5.91 Å². The normalized spacial score (nSPS) is 11.8. The number of hydrogen-bond acceptors (Lipinski definition) is 3. The summed E-state index contributed by atoms with van der Waals surface area (Å²) in [5.74, 6) is 0.821. The number of nitrogens with one attached hydrogen (secondary N) is 1. The summed E-state index contributed by atoms with van der Waals surface area (Å²) in [5.41, 5.74) is 2.21.